The number of alkyl carbamates (subject to hydrolysis) is 1. The molecule has 0 unspecified atom stereocenters. The van der Waals surface area contributed by atoms with E-state index in [1.165, 1.54) is 0 Å². The van der Waals surface area contributed by atoms with Crippen molar-refractivity contribution in [3.63, 3.8) is 0 Å². The number of carbonyl (C=O) groups excluding carboxylic acids is 1. The van der Waals surface area contributed by atoms with Crippen LogP contribution in [0.4, 0.5) is 4.79 Å². The fraction of sp³-hybridized carbons (Fsp3) is 0.500. The molecule has 2 aromatic heterocycles. The highest BCUT2D eigenvalue weighted by atomic mass is 16.6. The summed E-state index contributed by atoms with van der Waals surface area (Å²) in [5.74, 6) is 0.889. The Labute approximate surface area is 125 Å². The van der Waals surface area contributed by atoms with Crippen molar-refractivity contribution < 1.29 is 9.53 Å². The fourth-order valence-electron chi connectivity index (χ4n) is 2.27. The van der Waals surface area contributed by atoms with Crippen molar-refractivity contribution in [2.45, 2.75) is 52.7 Å². The van der Waals surface area contributed by atoms with Gasteiger partial charge in [-0.05, 0) is 53.7 Å². The molecule has 0 aromatic carbocycles. The molecule has 0 aliphatic heterocycles. The van der Waals surface area contributed by atoms with Gasteiger partial charge in [-0.25, -0.2) is 9.78 Å². The van der Waals surface area contributed by atoms with Gasteiger partial charge in [0.1, 0.15) is 11.4 Å². The molecule has 0 saturated heterocycles. The number of ether oxygens (including phenoxy) is 1. The number of imidazole rings is 1. The lowest BCUT2D eigenvalue weighted by atomic mass is 10.00. The molecule has 0 spiro atoms. The maximum Gasteiger partial charge on any atom is 0.408 e. The van der Waals surface area contributed by atoms with Gasteiger partial charge in [-0.2, -0.15) is 0 Å². The van der Waals surface area contributed by atoms with Crippen LogP contribution in [-0.2, 0) is 10.3 Å². The molecule has 1 amide bonds. The first-order valence-corrected chi connectivity index (χ1v) is 7.05. The van der Waals surface area contributed by atoms with Crippen molar-refractivity contribution in [3.8, 4) is 0 Å². The third-order valence-electron chi connectivity index (χ3n) is 3.13. The molecule has 0 radical (unpaired) electrons. The topological polar surface area (TPSA) is 55.6 Å². The Hall–Kier alpha value is -2.04. The summed E-state index contributed by atoms with van der Waals surface area (Å²) in [5.41, 5.74) is 0.665. The van der Waals surface area contributed by atoms with E-state index in [1.807, 2.05) is 70.3 Å². The van der Waals surface area contributed by atoms with Crippen molar-refractivity contribution in [1.29, 1.82) is 0 Å². The van der Waals surface area contributed by atoms with Crippen LogP contribution in [0.15, 0.2) is 24.4 Å². The Balaban J connectivity index is 2.32. The van der Waals surface area contributed by atoms with Crippen LogP contribution in [0.1, 0.15) is 46.1 Å². The van der Waals surface area contributed by atoms with E-state index in [4.69, 9.17) is 4.74 Å². The summed E-state index contributed by atoms with van der Waals surface area (Å²) < 4.78 is 7.34. The maximum absolute atomic E-state index is 12.0. The average Bonchev–Trinajstić information content (AvgIpc) is 2.65. The molecule has 5 heteroatoms. The smallest absolute Gasteiger partial charge is 0.408 e. The highest BCUT2D eigenvalue weighted by molar-refractivity contribution is 5.70. The maximum atomic E-state index is 12.0. The van der Waals surface area contributed by atoms with Gasteiger partial charge in [0.2, 0.25) is 0 Å². The standard InChI is InChI=1S/C16H23N3O2/c1-11-17-13(12-9-7-8-10-19(11)12)16(5,6)18-14(20)21-15(2,3)4/h7-10H,1-6H3,(H,18,20). The molecule has 0 saturated carbocycles. The molecule has 0 aliphatic rings. The van der Waals surface area contributed by atoms with Gasteiger partial charge in [0, 0.05) is 6.20 Å². The van der Waals surface area contributed by atoms with Crippen LogP contribution in [0.2, 0.25) is 0 Å². The molecule has 1 N–H and O–H groups in total. The first kappa shape index (κ1) is 15.4. The molecule has 114 valence electrons. The van der Waals surface area contributed by atoms with Crippen LogP contribution in [-0.4, -0.2) is 21.1 Å². The molecule has 0 bridgehead atoms. The molecular weight excluding hydrogens is 266 g/mol. The molecule has 0 fully saturated rings. The van der Waals surface area contributed by atoms with Gasteiger partial charge < -0.3 is 14.5 Å². The SMILES string of the molecule is Cc1nc(C(C)(C)NC(=O)OC(C)(C)C)c2ccccn12. The van der Waals surface area contributed by atoms with E-state index in [0.717, 1.165) is 17.0 Å². The molecule has 2 heterocycles. The van der Waals surface area contributed by atoms with Crippen LogP contribution in [0.25, 0.3) is 5.52 Å². The lowest BCUT2D eigenvalue weighted by Gasteiger charge is -2.27. The highest BCUT2D eigenvalue weighted by Crippen LogP contribution is 2.25. The Morgan fingerprint density at radius 3 is 2.52 bits per heavy atom. The van der Waals surface area contributed by atoms with Crippen LogP contribution in [0.3, 0.4) is 0 Å². The molecule has 0 atom stereocenters. The molecule has 2 aromatic rings. The van der Waals surface area contributed by atoms with E-state index in [0.29, 0.717) is 0 Å². The predicted molar refractivity (Wildman–Crippen MR) is 82.3 cm³/mol. The molecule has 5 nitrogen and oxygen atoms in total. The Kier molecular flexibility index (Phi) is 3.70. The first-order chi connectivity index (χ1) is 9.60. The third kappa shape index (κ3) is 3.35. The number of carbonyl (C=O) groups is 1. The van der Waals surface area contributed by atoms with E-state index in [-0.39, 0.29) is 0 Å². The fourth-order valence-corrected chi connectivity index (χ4v) is 2.27. The predicted octanol–water partition coefficient (Wildman–Crippen LogP) is 3.40. The highest BCUT2D eigenvalue weighted by Gasteiger charge is 2.30. The number of rotatable bonds is 2. The Morgan fingerprint density at radius 2 is 1.90 bits per heavy atom. The van der Waals surface area contributed by atoms with Crippen LogP contribution >= 0.6 is 0 Å². The minimum atomic E-state index is -0.622. The Bertz CT molecular complexity index is 666. The first-order valence-electron chi connectivity index (χ1n) is 7.05. The lowest BCUT2D eigenvalue weighted by Crippen LogP contribution is -2.44. The van der Waals surface area contributed by atoms with Gasteiger partial charge in [-0.1, -0.05) is 6.07 Å². The van der Waals surface area contributed by atoms with Gasteiger partial charge in [0.25, 0.3) is 0 Å². The number of nitrogens with one attached hydrogen (secondary N) is 1. The summed E-state index contributed by atoms with van der Waals surface area (Å²) in [4.78, 5) is 16.6. The van der Waals surface area contributed by atoms with E-state index in [2.05, 4.69) is 10.3 Å². The normalized spacial score (nSPS) is 12.5. The van der Waals surface area contributed by atoms with Gasteiger partial charge in [0.05, 0.1) is 16.7 Å². The third-order valence-corrected chi connectivity index (χ3v) is 3.13. The zero-order chi connectivity index (χ0) is 15.8. The number of aryl methyl sites for hydroxylation is 1. The minimum Gasteiger partial charge on any atom is -0.444 e. The van der Waals surface area contributed by atoms with Crippen molar-refractivity contribution in [1.82, 2.24) is 14.7 Å². The van der Waals surface area contributed by atoms with E-state index < -0.39 is 17.2 Å². The number of aromatic nitrogens is 2. The summed E-state index contributed by atoms with van der Waals surface area (Å²) >= 11 is 0. The number of hydrogen-bond acceptors (Lipinski definition) is 3. The monoisotopic (exact) mass is 289 g/mol. The lowest BCUT2D eigenvalue weighted by molar-refractivity contribution is 0.0469. The second-order valence-corrected chi connectivity index (χ2v) is 6.72. The van der Waals surface area contributed by atoms with Crippen molar-refractivity contribution in [2.75, 3.05) is 0 Å². The zero-order valence-electron chi connectivity index (χ0n) is 13.5. The summed E-state index contributed by atoms with van der Waals surface area (Å²) in [5, 5.41) is 2.90. The summed E-state index contributed by atoms with van der Waals surface area (Å²) in [7, 11) is 0. The van der Waals surface area contributed by atoms with Gasteiger partial charge >= 0.3 is 6.09 Å². The quantitative estimate of drug-likeness (QED) is 0.921. The number of amides is 1. The van der Waals surface area contributed by atoms with Gasteiger partial charge in [-0.15, -0.1) is 0 Å². The van der Waals surface area contributed by atoms with Crippen molar-refractivity contribution in [2.24, 2.45) is 0 Å². The van der Waals surface area contributed by atoms with Crippen LogP contribution < -0.4 is 5.32 Å². The van der Waals surface area contributed by atoms with E-state index in [9.17, 15) is 4.79 Å². The van der Waals surface area contributed by atoms with Crippen LogP contribution in [0.5, 0.6) is 0 Å². The summed E-state index contributed by atoms with van der Waals surface area (Å²) in [6, 6.07) is 5.91. The van der Waals surface area contributed by atoms with Crippen LogP contribution in [0, 0.1) is 6.92 Å². The number of nitrogens with zero attached hydrogens (tertiary/aromatic N) is 2. The van der Waals surface area contributed by atoms with E-state index in [1.54, 1.807) is 0 Å². The minimum absolute atomic E-state index is 0.442. The molecule has 21 heavy (non-hydrogen) atoms. The number of hydrogen-bond donors (Lipinski definition) is 1. The second-order valence-electron chi connectivity index (χ2n) is 6.72. The Morgan fingerprint density at radius 1 is 1.24 bits per heavy atom. The molecule has 2 rings (SSSR count). The summed E-state index contributed by atoms with van der Waals surface area (Å²) in [6.45, 7) is 11.3. The number of fused-ring (bicyclic) bond motifs is 1. The molecular formula is C16H23N3O2. The van der Waals surface area contributed by atoms with Crippen molar-refractivity contribution >= 4 is 11.6 Å². The zero-order valence-corrected chi connectivity index (χ0v) is 13.5. The molecule has 0 aliphatic carbocycles. The summed E-state index contributed by atoms with van der Waals surface area (Å²) in [6.07, 6.45) is 1.52. The van der Waals surface area contributed by atoms with Gasteiger partial charge in [-0.3, -0.25) is 0 Å². The van der Waals surface area contributed by atoms with E-state index >= 15 is 0 Å². The average molecular weight is 289 g/mol. The number of pyridine rings is 1. The van der Waals surface area contributed by atoms with Gasteiger partial charge in [0.15, 0.2) is 0 Å². The second kappa shape index (κ2) is 5.06. The largest absolute Gasteiger partial charge is 0.444 e. The van der Waals surface area contributed by atoms with Crippen molar-refractivity contribution in [3.05, 3.63) is 35.9 Å².